The zero-order valence-electron chi connectivity index (χ0n) is 18.7. The minimum absolute atomic E-state index is 0.149. The standard InChI is InChI=1S/C25H29FN4O2/c1-4-32-21-13-17(15-30-10-9-29(3)25(30)27)12-20(14-21)24(31)28-23(18-5-6-18)19-7-8-22(26)16(2)11-19/h7-14,18,23,27H,4-6,15H2,1-3H3,(H,28,31)/t23-/m0/s1. The van der Waals surface area contributed by atoms with Gasteiger partial charge >= 0.3 is 0 Å². The summed E-state index contributed by atoms with van der Waals surface area (Å²) in [5, 5.41) is 11.3. The van der Waals surface area contributed by atoms with E-state index in [1.807, 2.05) is 44.6 Å². The summed E-state index contributed by atoms with van der Waals surface area (Å²) < 4.78 is 23.0. The van der Waals surface area contributed by atoms with Crippen LogP contribution in [0.1, 0.15) is 52.9 Å². The van der Waals surface area contributed by atoms with Crippen LogP contribution in [0.25, 0.3) is 0 Å². The van der Waals surface area contributed by atoms with Gasteiger partial charge in [0, 0.05) is 25.0 Å². The van der Waals surface area contributed by atoms with Crippen LogP contribution in [0.2, 0.25) is 0 Å². The van der Waals surface area contributed by atoms with Crippen molar-refractivity contribution < 1.29 is 13.9 Å². The van der Waals surface area contributed by atoms with Crippen LogP contribution in [-0.4, -0.2) is 21.6 Å². The second kappa shape index (κ2) is 9.02. The largest absolute Gasteiger partial charge is 0.494 e. The maximum Gasteiger partial charge on any atom is 0.251 e. The molecule has 1 amide bonds. The first-order chi connectivity index (χ1) is 15.4. The van der Waals surface area contributed by atoms with E-state index in [1.165, 1.54) is 6.07 Å². The van der Waals surface area contributed by atoms with E-state index >= 15 is 0 Å². The molecular formula is C25H29FN4O2. The molecule has 0 spiro atoms. The maximum atomic E-state index is 13.8. The highest BCUT2D eigenvalue weighted by molar-refractivity contribution is 5.95. The molecule has 1 fully saturated rings. The Hall–Kier alpha value is -3.35. The Morgan fingerprint density at radius 3 is 2.66 bits per heavy atom. The van der Waals surface area contributed by atoms with E-state index in [0.29, 0.717) is 41.6 Å². The number of aromatic nitrogens is 2. The van der Waals surface area contributed by atoms with Crippen molar-refractivity contribution in [1.82, 2.24) is 14.5 Å². The first-order valence-corrected chi connectivity index (χ1v) is 11.0. The SMILES string of the molecule is CCOc1cc(Cn2ccn(C)c2=N)cc(C(=O)N[C@H](c2ccc(F)c(C)c2)C2CC2)c1. The van der Waals surface area contributed by atoms with Gasteiger partial charge in [-0.05, 0) is 73.6 Å². The lowest BCUT2D eigenvalue weighted by atomic mass is 9.99. The summed E-state index contributed by atoms with van der Waals surface area (Å²) in [6, 6.07) is 10.4. The van der Waals surface area contributed by atoms with Crippen LogP contribution in [0.4, 0.5) is 4.39 Å². The molecular weight excluding hydrogens is 407 g/mol. The summed E-state index contributed by atoms with van der Waals surface area (Å²) in [5.74, 6) is 0.564. The van der Waals surface area contributed by atoms with Crippen molar-refractivity contribution in [3.63, 3.8) is 0 Å². The lowest BCUT2D eigenvalue weighted by Gasteiger charge is -2.20. The van der Waals surface area contributed by atoms with Gasteiger partial charge in [-0.15, -0.1) is 0 Å². The highest BCUT2D eigenvalue weighted by Gasteiger charge is 2.34. The molecule has 2 aromatic carbocycles. The number of halogens is 1. The lowest BCUT2D eigenvalue weighted by molar-refractivity contribution is 0.0931. The molecule has 7 heteroatoms. The summed E-state index contributed by atoms with van der Waals surface area (Å²) in [7, 11) is 1.82. The number of amides is 1. The number of benzene rings is 2. The monoisotopic (exact) mass is 436 g/mol. The van der Waals surface area contributed by atoms with E-state index in [-0.39, 0.29) is 17.8 Å². The molecule has 1 heterocycles. The number of carbonyl (C=O) groups is 1. The van der Waals surface area contributed by atoms with Crippen molar-refractivity contribution in [2.75, 3.05) is 6.61 Å². The molecule has 4 rings (SSSR count). The minimum atomic E-state index is -0.240. The normalized spacial score (nSPS) is 14.2. The highest BCUT2D eigenvalue weighted by atomic mass is 19.1. The average Bonchev–Trinajstić information content (AvgIpc) is 3.56. The number of aryl methyl sites for hydroxylation is 2. The molecule has 2 N–H and O–H groups in total. The molecule has 3 aromatic rings. The Balaban J connectivity index is 1.61. The van der Waals surface area contributed by atoms with Gasteiger partial charge in [0.05, 0.1) is 19.2 Å². The van der Waals surface area contributed by atoms with E-state index < -0.39 is 0 Å². The number of hydrogen-bond donors (Lipinski definition) is 2. The molecule has 0 radical (unpaired) electrons. The summed E-state index contributed by atoms with van der Waals surface area (Å²) in [4.78, 5) is 13.3. The Morgan fingerprint density at radius 1 is 1.25 bits per heavy atom. The fourth-order valence-electron chi connectivity index (χ4n) is 3.97. The molecule has 0 aliphatic heterocycles. The zero-order valence-corrected chi connectivity index (χ0v) is 18.7. The number of rotatable bonds is 8. The second-order valence-corrected chi connectivity index (χ2v) is 8.46. The van der Waals surface area contributed by atoms with E-state index in [0.717, 1.165) is 24.0 Å². The predicted octanol–water partition coefficient (Wildman–Crippen LogP) is 4.08. The summed E-state index contributed by atoms with van der Waals surface area (Å²) in [5.41, 5.74) is 3.27. The molecule has 1 atom stereocenters. The Labute approximate surface area is 187 Å². The van der Waals surface area contributed by atoms with E-state index in [4.69, 9.17) is 10.1 Å². The minimum Gasteiger partial charge on any atom is -0.494 e. The van der Waals surface area contributed by atoms with Crippen LogP contribution in [0, 0.1) is 24.1 Å². The fraction of sp³-hybridized carbons (Fsp3) is 0.360. The molecule has 1 saturated carbocycles. The van der Waals surface area contributed by atoms with Crippen LogP contribution in [0.15, 0.2) is 48.8 Å². The quantitative estimate of drug-likeness (QED) is 0.559. The summed E-state index contributed by atoms with van der Waals surface area (Å²) in [6.45, 7) is 4.60. The third kappa shape index (κ3) is 4.77. The molecule has 0 bridgehead atoms. The third-order valence-electron chi connectivity index (χ3n) is 5.89. The van der Waals surface area contributed by atoms with Gasteiger partial charge in [-0.2, -0.15) is 0 Å². The summed E-state index contributed by atoms with van der Waals surface area (Å²) >= 11 is 0. The first-order valence-electron chi connectivity index (χ1n) is 11.0. The topological polar surface area (TPSA) is 72.0 Å². The van der Waals surface area contributed by atoms with Crippen molar-refractivity contribution in [3.05, 3.63) is 82.5 Å². The van der Waals surface area contributed by atoms with Crippen molar-refractivity contribution in [1.29, 1.82) is 5.41 Å². The van der Waals surface area contributed by atoms with Crippen molar-refractivity contribution in [2.45, 2.75) is 39.3 Å². The van der Waals surface area contributed by atoms with Crippen LogP contribution in [-0.2, 0) is 13.6 Å². The Kier molecular flexibility index (Phi) is 6.17. The lowest BCUT2D eigenvalue weighted by Crippen LogP contribution is -2.30. The Bertz CT molecular complexity index is 1190. The number of nitrogens with zero attached hydrogens (tertiary/aromatic N) is 2. The summed E-state index contributed by atoms with van der Waals surface area (Å²) in [6.07, 6.45) is 5.76. The van der Waals surface area contributed by atoms with Gasteiger partial charge in [-0.3, -0.25) is 10.2 Å². The third-order valence-corrected chi connectivity index (χ3v) is 5.89. The van der Waals surface area contributed by atoms with Crippen LogP contribution in [0.5, 0.6) is 5.75 Å². The highest BCUT2D eigenvalue weighted by Crippen LogP contribution is 2.41. The first kappa shape index (κ1) is 21.9. The molecule has 0 saturated heterocycles. The molecule has 1 aliphatic carbocycles. The smallest absolute Gasteiger partial charge is 0.251 e. The van der Waals surface area contributed by atoms with Crippen molar-refractivity contribution in [3.8, 4) is 5.75 Å². The van der Waals surface area contributed by atoms with E-state index in [9.17, 15) is 9.18 Å². The van der Waals surface area contributed by atoms with Gasteiger partial charge < -0.3 is 19.2 Å². The number of ether oxygens (including phenoxy) is 1. The Morgan fingerprint density at radius 2 is 2.03 bits per heavy atom. The number of carbonyl (C=O) groups excluding carboxylic acids is 1. The van der Waals surface area contributed by atoms with Crippen LogP contribution < -0.4 is 15.7 Å². The molecule has 168 valence electrons. The fourth-order valence-corrected chi connectivity index (χ4v) is 3.97. The molecule has 1 aromatic heterocycles. The van der Waals surface area contributed by atoms with E-state index in [1.54, 1.807) is 28.2 Å². The molecule has 0 unspecified atom stereocenters. The van der Waals surface area contributed by atoms with Gasteiger partial charge in [-0.1, -0.05) is 12.1 Å². The van der Waals surface area contributed by atoms with Gasteiger partial charge in [0.2, 0.25) is 5.62 Å². The maximum absolute atomic E-state index is 13.8. The van der Waals surface area contributed by atoms with Gasteiger partial charge in [0.25, 0.3) is 5.91 Å². The molecule has 1 aliphatic rings. The molecule has 32 heavy (non-hydrogen) atoms. The number of imidazole rings is 1. The molecule has 6 nitrogen and oxygen atoms in total. The average molecular weight is 437 g/mol. The van der Waals surface area contributed by atoms with Gasteiger partial charge in [-0.25, -0.2) is 4.39 Å². The van der Waals surface area contributed by atoms with E-state index in [2.05, 4.69) is 5.32 Å². The van der Waals surface area contributed by atoms with Crippen LogP contribution in [0.3, 0.4) is 0 Å². The van der Waals surface area contributed by atoms with Crippen molar-refractivity contribution >= 4 is 5.91 Å². The van der Waals surface area contributed by atoms with Gasteiger partial charge in [0.1, 0.15) is 11.6 Å². The van der Waals surface area contributed by atoms with Gasteiger partial charge in [0.15, 0.2) is 0 Å². The van der Waals surface area contributed by atoms with Crippen molar-refractivity contribution in [2.24, 2.45) is 13.0 Å². The number of hydrogen-bond acceptors (Lipinski definition) is 3. The number of nitrogens with one attached hydrogen (secondary N) is 2. The zero-order chi connectivity index (χ0) is 22.8. The van der Waals surface area contributed by atoms with Crippen LogP contribution >= 0.6 is 0 Å². The predicted molar refractivity (Wildman–Crippen MR) is 120 cm³/mol. The second-order valence-electron chi connectivity index (χ2n) is 8.46.